The average molecular weight is 375 g/mol. The highest BCUT2D eigenvalue weighted by atomic mass is 16.5. The van der Waals surface area contributed by atoms with Crippen LogP contribution in [0.1, 0.15) is 0 Å². The summed E-state index contributed by atoms with van der Waals surface area (Å²) < 4.78 is 10.3. The molecule has 3 N–H and O–H groups in total. The van der Waals surface area contributed by atoms with Crippen LogP contribution in [0.4, 0.5) is 11.4 Å². The zero-order valence-electron chi connectivity index (χ0n) is 15.1. The van der Waals surface area contributed by atoms with Crippen molar-refractivity contribution in [3.05, 3.63) is 30.7 Å². The van der Waals surface area contributed by atoms with Crippen LogP contribution in [0.2, 0.25) is 0 Å². The molecule has 0 spiro atoms. The van der Waals surface area contributed by atoms with Crippen molar-refractivity contribution in [1.82, 2.24) is 4.90 Å². The molecule has 0 saturated carbocycles. The van der Waals surface area contributed by atoms with Gasteiger partial charge in [-0.25, -0.2) is 0 Å². The second kappa shape index (κ2) is 8.47. The first-order valence-corrected chi connectivity index (χ1v) is 8.67. The van der Waals surface area contributed by atoms with Gasteiger partial charge in [0.2, 0.25) is 11.8 Å². The summed E-state index contributed by atoms with van der Waals surface area (Å²) in [5, 5.41) is 2.79. The fourth-order valence-corrected chi connectivity index (χ4v) is 3.22. The van der Waals surface area contributed by atoms with Gasteiger partial charge in [-0.15, -0.1) is 0 Å². The molecule has 1 aromatic rings. The number of primary amides is 1. The summed E-state index contributed by atoms with van der Waals surface area (Å²) in [6, 6.07) is 6.38. The maximum atomic E-state index is 12.3. The van der Waals surface area contributed by atoms with Crippen LogP contribution in [0.15, 0.2) is 24.3 Å². The van der Waals surface area contributed by atoms with Gasteiger partial charge in [0.05, 0.1) is 25.3 Å². The van der Waals surface area contributed by atoms with Gasteiger partial charge in [-0.05, 0) is 24.3 Å². The third kappa shape index (κ3) is 4.62. The lowest BCUT2D eigenvalue weighted by Gasteiger charge is -2.27. The van der Waals surface area contributed by atoms with Gasteiger partial charge in [0, 0.05) is 38.0 Å². The molecule has 27 heavy (non-hydrogen) atoms. The Morgan fingerprint density at radius 3 is 2.70 bits per heavy atom. The Labute approximate surface area is 157 Å². The zero-order valence-corrected chi connectivity index (χ0v) is 15.1. The standard InChI is InChI=1S/C18H23N4O5/c1-26-14-8-15(18(19)25)21(9-14)10-16(23)20-12-2-4-13(5-3-12)22-6-7-27-11-17(22)24/h2-5,8,14-15H,6-7,9-11H2,1H3,(H2,19,25)(H,20,23)/t14-,15?/m0/s1. The molecule has 1 unspecified atom stereocenters. The average Bonchev–Trinajstić information content (AvgIpc) is 3.06. The van der Waals surface area contributed by atoms with E-state index in [1.165, 1.54) is 0 Å². The smallest absolute Gasteiger partial charge is 0.253 e. The van der Waals surface area contributed by atoms with Gasteiger partial charge in [-0.3, -0.25) is 19.3 Å². The lowest BCUT2D eigenvalue weighted by atomic mass is 10.2. The summed E-state index contributed by atoms with van der Waals surface area (Å²) in [5.74, 6) is -0.864. The zero-order chi connectivity index (χ0) is 19.4. The van der Waals surface area contributed by atoms with E-state index in [9.17, 15) is 14.4 Å². The summed E-state index contributed by atoms with van der Waals surface area (Å²) in [6.07, 6.45) is 1.46. The molecule has 3 rings (SSSR count). The predicted molar refractivity (Wildman–Crippen MR) is 97.9 cm³/mol. The van der Waals surface area contributed by atoms with Crippen LogP contribution < -0.4 is 16.0 Å². The van der Waals surface area contributed by atoms with Crippen LogP contribution in [-0.4, -0.2) is 74.7 Å². The van der Waals surface area contributed by atoms with Gasteiger partial charge in [0.25, 0.3) is 5.91 Å². The largest absolute Gasteiger partial charge is 0.380 e. The molecule has 1 radical (unpaired) electrons. The van der Waals surface area contributed by atoms with Gasteiger partial charge >= 0.3 is 0 Å². The van der Waals surface area contributed by atoms with E-state index < -0.39 is 11.9 Å². The second-order valence-corrected chi connectivity index (χ2v) is 6.44. The fraction of sp³-hybridized carbons (Fsp3) is 0.444. The van der Waals surface area contributed by atoms with Gasteiger partial charge in [0.15, 0.2) is 0 Å². The van der Waals surface area contributed by atoms with Gasteiger partial charge in [0.1, 0.15) is 6.61 Å². The van der Waals surface area contributed by atoms with E-state index in [1.54, 1.807) is 47.6 Å². The van der Waals surface area contributed by atoms with E-state index in [2.05, 4.69) is 5.32 Å². The van der Waals surface area contributed by atoms with Crippen LogP contribution >= 0.6 is 0 Å². The molecule has 0 bridgehead atoms. The highest BCUT2D eigenvalue weighted by Crippen LogP contribution is 2.21. The molecule has 2 aliphatic heterocycles. The number of morpholine rings is 1. The van der Waals surface area contributed by atoms with Crippen LogP contribution in [0.5, 0.6) is 0 Å². The number of amides is 3. The van der Waals surface area contributed by atoms with Crippen molar-refractivity contribution >= 4 is 29.1 Å². The Kier molecular flexibility index (Phi) is 6.04. The number of methoxy groups -OCH3 is 1. The highest BCUT2D eigenvalue weighted by molar-refractivity contribution is 5.96. The molecule has 0 aromatic heterocycles. The van der Waals surface area contributed by atoms with Crippen molar-refractivity contribution in [3.63, 3.8) is 0 Å². The minimum absolute atomic E-state index is 0.0215. The van der Waals surface area contributed by atoms with Gasteiger partial charge in [-0.1, -0.05) is 0 Å². The first-order valence-electron chi connectivity index (χ1n) is 8.67. The van der Waals surface area contributed by atoms with E-state index in [4.69, 9.17) is 15.2 Å². The Balaban J connectivity index is 1.57. The molecule has 2 atom stereocenters. The van der Waals surface area contributed by atoms with Crippen molar-refractivity contribution in [3.8, 4) is 0 Å². The number of nitrogens with one attached hydrogen (secondary N) is 1. The molecule has 3 amide bonds. The number of carbonyl (C=O) groups is 3. The minimum Gasteiger partial charge on any atom is -0.380 e. The summed E-state index contributed by atoms with van der Waals surface area (Å²) in [5.41, 5.74) is 6.75. The number of hydrogen-bond donors (Lipinski definition) is 2. The highest BCUT2D eigenvalue weighted by Gasteiger charge is 2.37. The number of likely N-dealkylation sites (tertiary alicyclic amines) is 1. The number of nitrogens with two attached hydrogens (primary N) is 1. The molecule has 1 aromatic carbocycles. The third-order valence-electron chi connectivity index (χ3n) is 4.59. The predicted octanol–water partition coefficient (Wildman–Crippen LogP) is -0.623. The Hall–Kier alpha value is -2.49. The topological polar surface area (TPSA) is 114 Å². The van der Waals surface area contributed by atoms with Gasteiger partial charge in [-0.2, -0.15) is 0 Å². The number of nitrogens with zero attached hydrogens (tertiary/aromatic N) is 2. The Morgan fingerprint density at radius 2 is 2.07 bits per heavy atom. The summed E-state index contributed by atoms with van der Waals surface area (Å²) in [7, 11) is 1.55. The summed E-state index contributed by atoms with van der Waals surface area (Å²) in [6.45, 7) is 1.53. The van der Waals surface area contributed by atoms with E-state index >= 15 is 0 Å². The van der Waals surface area contributed by atoms with E-state index in [-0.39, 0.29) is 31.1 Å². The number of anilines is 2. The number of rotatable bonds is 6. The summed E-state index contributed by atoms with van der Waals surface area (Å²) >= 11 is 0. The SMILES string of the molecule is CO[C@H]1[CH]C(C(N)=O)N(CC(=O)Nc2ccc(N3CCOCC3=O)cc2)C1. The van der Waals surface area contributed by atoms with Crippen LogP contribution in [-0.2, 0) is 23.9 Å². The molecule has 0 aliphatic carbocycles. The van der Waals surface area contributed by atoms with Crippen molar-refractivity contribution in [2.45, 2.75) is 12.1 Å². The molecule has 2 heterocycles. The number of hydrogen-bond acceptors (Lipinski definition) is 6. The Morgan fingerprint density at radius 1 is 1.33 bits per heavy atom. The van der Waals surface area contributed by atoms with E-state index in [0.717, 1.165) is 5.69 Å². The molecule has 9 heteroatoms. The van der Waals surface area contributed by atoms with Crippen molar-refractivity contribution in [2.75, 3.05) is 50.2 Å². The van der Waals surface area contributed by atoms with Gasteiger partial charge < -0.3 is 25.4 Å². The fourth-order valence-electron chi connectivity index (χ4n) is 3.22. The van der Waals surface area contributed by atoms with Crippen LogP contribution in [0.3, 0.4) is 0 Å². The molecule has 2 saturated heterocycles. The molecular formula is C18H23N4O5. The Bertz CT molecular complexity index is 708. The normalized spacial score (nSPS) is 23.4. The first kappa shape index (κ1) is 19.3. The number of ether oxygens (including phenoxy) is 2. The molecule has 145 valence electrons. The monoisotopic (exact) mass is 375 g/mol. The molecule has 2 aliphatic rings. The maximum absolute atomic E-state index is 12.3. The maximum Gasteiger partial charge on any atom is 0.253 e. The quantitative estimate of drug-likeness (QED) is 0.685. The van der Waals surface area contributed by atoms with Crippen LogP contribution in [0, 0.1) is 6.42 Å². The lowest BCUT2D eigenvalue weighted by Crippen LogP contribution is -2.44. The van der Waals surface area contributed by atoms with Crippen molar-refractivity contribution < 1.29 is 23.9 Å². The summed E-state index contributed by atoms with van der Waals surface area (Å²) in [4.78, 5) is 39.1. The van der Waals surface area contributed by atoms with Crippen molar-refractivity contribution in [2.24, 2.45) is 5.73 Å². The third-order valence-corrected chi connectivity index (χ3v) is 4.59. The van der Waals surface area contributed by atoms with E-state index in [1.807, 2.05) is 0 Å². The lowest BCUT2D eigenvalue weighted by molar-refractivity contribution is -0.126. The number of carbonyl (C=O) groups excluding carboxylic acids is 3. The molecule has 9 nitrogen and oxygen atoms in total. The first-order chi connectivity index (χ1) is 13.0. The van der Waals surface area contributed by atoms with Crippen LogP contribution in [0.25, 0.3) is 0 Å². The van der Waals surface area contributed by atoms with E-state index in [0.29, 0.717) is 25.4 Å². The molecular weight excluding hydrogens is 352 g/mol. The minimum atomic E-state index is -0.629. The van der Waals surface area contributed by atoms with Crippen molar-refractivity contribution in [1.29, 1.82) is 0 Å². The second-order valence-electron chi connectivity index (χ2n) is 6.44. The number of benzene rings is 1. The molecule has 2 fully saturated rings.